The third-order valence-corrected chi connectivity index (χ3v) is 13.6. The molecule has 0 aliphatic carbocycles. The number of amidine groups is 1. The molecule has 5 aromatic rings. The van der Waals surface area contributed by atoms with Crippen LogP contribution in [0.25, 0.3) is 5.65 Å². The van der Waals surface area contributed by atoms with Crippen LogP contribution in [0.4, 0.5) is 4.79 Å². The Morgan fingerprint density at radius 1 is 0.971 bits per heavy atom. The van der Waals surface area contributed by atoms with Crippen LogP contribution in [-0.4, -0.2) is 95.4 Å². The van der Waals surface area contributed by atoms with Gasteiger partial charge >= 0.3 is 23.7 Å². The minimum atomic E-state index is -1.55. The van der Waals surface area contributed by atoms with Crippen molar-refractivity contribution in [3.8, 4) is 5.75 Å². The summed E-state index contributed by atoms with van der Waals surface area (Å²) in [7, 11) is 1.56. The van der Waals surface area contributed by atoms with Gasteiger partial charge in [-0.3, -0.25) is 25.2 Å². The number of esters is 2. The zero-order valence-electron chi connectivity index (χ0n) is 39.9. The van der Waals surface area contributed by atoms with Gasteiger partial charge in [-0.2, -0.15) is 0 Å². The van der Waals surface area contributed by atoms with E-state index in [1.165, 1.54) is 53.2 Å². The number of amides is 2. The Kier molecular flexibility index (Phi) is 16.2. The molecule has 2 atom stereocenters. The fourth-order valence-electron chi connectivity index (χ4n) is 7.21. The molecule has 2 aliphatic rings. The van der Waals surface area contributed by atoms with Gasteiger partial charge < -0.3 is 47.8 Å². The number of fused-ring (bicyclic) bond motifs is 2. The van der Waals surface area contributed by atoms with Crippen molar-refractivity contribution in [1.29, 1.82) is 5.41 Å². The van der Waals surface area contributed by atoms with Crippen LogP contribution in [0.15, 0.2) is 82.2 Å². The van der Waals surface area contributed by atoms with Crippen LogP contribution in [0.2, 0.25) is 0 Å². The molecule has 1 fully saturated rings. The number of imidazole rings is 1. The average molecular weight is 1120 g/mol. The number of carbonyl (C=O) groups is 5. The van der Waals surface area contributed by atoms with E-state index in [0.717, 1.165) is 16.1 Å². The summed E-state index contributed by atoms with van der Waals surface area (Å²) in [5, 5.41) is 18.6. The number of carbonyl (C=O) groups excluding carboxylic acids is 5. The van der Waals surface area contributed by atoms with E-state index >= 15 is 0 Å². The van der Waals surface area contributed by atoms with Gasteiger partial charge in [0.2, 0.25) is 11.5 Å². The van der Waals surface area contributed by atoms with Crippen molar-refractivity contribution in [2.24, 2.45) is 11.1 Å². The lowest BCUT2D eigenvalue weighted by Gasteiger charge is -2.49. The molecule has 0 bridgehead atoms. The van der Waals surface area contributed by atoms with E-state index in [0.29, 0.717) is 34.2 Å². The Morgan fingerprint density at radius 3 is 2.33 bits per heavy atom. The highest BCUT2D eigenvalue weighted by Gasteiger charge is 2.54. The van der Waals surface area contributed by atoms with Crippen molar-refractivity contribution in [3.05, 3.63) is 104 Å². The van der Waals surface area contributed by atoms with Gasteiger partial charge in [0.25, 0.3) is 0 Å². The van der Waals surface area contributed by atoms with E-state index in [2.05, 4.69) is 15.5 Å². The van der Waals surface area contributed by atoms with Crippen molar-refractivity contribution >= 4 is 81.4 Å². The number of halogens is 1. The summed E-state index contributed by atoms with van der Waals surface area (Å²) in [5.74, 6) is -2.15. The molecule has 0 spiro atoms. The number of ketones is 1. The molecule has 0 saturated carbocycles. The smallest absolute Gasteiger partial charge is 0.413 e. The monoisotopic (exact) mass is 1110 g/mol. The molecule has 4 aromatic heterocycles. The molecule has 0 radical (unpaired) electrons. The summed E-state index contributed by atoms with van der Waals surface area (Å²) < 4.78 is 27.9. The highest BCUT2D eigenvalue weighted by atomic mass is 127. The summed E-state index contributed by atoms with van der Waals surface area (Å²) in [6, 6.07) is 10.9. The minimum Gasteiger partial charge on any atom is -1.00 e. The largest absolute Gasteiger partial charge is 1.00 e. The zero-order valence-corrected chi connectivity index (χ0v) is 44.5. The first kappa shape index (κ1) is 52.8. The van der Waals surface area contributed by atoms with E-state index in [1.54, 1.807) is 90.6 Å². The Bertz CT molecular complexity index is 2830. The highest BCUT2D eigenvalue weighted by molar-refractivity contribution is 8.00. The number of ether oxygens (including phenoxy) is 4. The summed E-state index contributed by atoms with van der Waals surface area (Å²) in [4.78, 5) is 80.4. The predicted molar refractivity (Wildman–Crippen MR) is 256 cm³/mol. The second-order valence-corrected chi connectivity index (χ2v) is 21.8. The number of aromatic nitrogens is 4. The molecule has 7 rings (SSSR count). The van der Waals surface area contributed by atoms with Crippen LogP contribution in [0.5, 0.6) is 5.75 Å². The maximum absolute atomic E-state index is 14.3. The first-order valence-electron chi connectivity index (χ1n) is 21.6. The number of aryl methyl sites for hydroxylation is 1. The number of alkyl carbamates (subject to hydrolysis) is 1. The highest BCUT2D eigenvalue weighted by Crippen LogP contribution is 2.46. The van der Waals surface area contributed by atoms with E-state index in [4.69, 9.17) is 29.2 Å². The fourth-order valence-corrected chi connectivity index (χ4v) is 10.1. The topological polar surface area (TPSA) is 209 Å². The predicted octanol–water partition coefficient (Wildman–Crippen LogP) is 3.79. The number of thioether (sulfide) groups is 1. The number of methoxy groups -OCH3 is 1. The number of oxime groups is 1. The number of nitrogens with one attached hydrogen (secondary N) is 2. The first-order valence-corrected chi connectivity index (χ1v) is 24.5. The SMILES string of the molecule is COc1ccc(COC(=O)C2=C(Cn3ccc4n3cc[n+]4Cc3cc(C(=N)NC(=O)OC(C)(C)C)cs3)CS[C@@H]3[C@H](CC(=O)/C(=N\OC(C)(C)C(=O)OC(C)(C)C)c4csc(C)n4)C(=O)N23)cc1.[I-]. The summed E-state index contributed by atoms with van der Waals surface area (Å²) in [6.07, 6.45) is 4.76. The van der Waals surface area contributed by atoms with Crippen LogP contribution < -0.4 is 38.6 Å². The molecule has 0 unspecified atom stereocenters. The lowest BCUT2D eigenvalue weighted by molar-refractivity contribution is -0.661. The van der Waals surface area contributed by atoms with Crippen molar-refractivity contribution in [1.82, 2.24) is 24.4 Å². The van der Waals surface area contributed by atoms with Crippen LogP contribution in [-0.2, 0) is 57.9 Å². The number of β-lactam (4-membered cyclic amide) rings is 1. The van der Waals surface area contributed by atoms with Gasteiger partial charge in [-0.15, -0.1) is 39.0 Å². The summed E-state index contributed by atoms with van der Waals surface area (Å²) in [5.41, 5.74) is -0.0241. The number of rotatable bonds is 16. The van der Waals surface area contributed by atoms with Crippen molar-refractivity contribution in [2.45, 2.75) is 111 Å². The Hall–Kier alpha value is -5.59. The molecule has 2 aliphatic heterocycles. The number of Topliss-reactive ketones (excluding diaryl/α,β-unsaturated/α-hetero) is 1. The van der Waals surface area contributed by atoms with Crippen molar-refractivity contribution < 1.29 is 76.3 Å². The molecule has 368 valence electrons. The van der Waals surface area contributed by atoms with Crippen LogP contribution in [0, 0.1) is 18.3 Å². The second kappa shape index (κ2) is 21.2. The van der Waals surface area contributed by atoms with E-state index in [9.17, 15) is 24.0 Å². The molecular weight excluding hydrogens is 1060 g/mol. The lowest BCUT2D eigenvalue weighted by Crippen LogP contribution is -3.00. The third-order valence-electron chi connectivity index (χ3n) is 10.5. The second-order valence-electron chi connectivity index (χ2n) is 18.7. The van der Waals surface area contributed by atoms with Gasteiger partial charge in [0, 0.05) is 33.4 Å². The van der Waals surface area contributed by atoms with Crippen LogP contribution in [0.1, 0.15) is 88.5 Å². The maximum atomic E-state index is 14.3. The summed E-state index contributed by atoms with van der Waals surface area (Å²) in [6.45, 7) is 15.9. The molecule has 69 heavy (non-hydrogen) atoms. The minimum absolute atomic E-state index is 0. The van der Waals surface area contributed by atoms with Gasteiger partial charge in [0.1, 0.15) is 53.5 Å². The van der Waals surface area contributed by atoms with Gasteiger partial charge in [0.15, 0.2) is 17.7 Å². The average Bonchev–Trinajstić information content (AvgIpc) is 4.08. The molecule has 6 heterocycles. The van der Waals surface area contributed by atoms with Gasteiger partial charge in [-0.25, -0.2) is 28.6 Å². The van der Waals surface area contributed by atoms with Crippen LogP contribution >= 0.6 is 34.4 Å². The summed E-state index contributed by atoms with van der Waals surface area (Å²) >= 11 is 4.22. The fraction of sp³-hybridized carbons (Fsp3) is 0.426. The quantitative estimate of drug-likeness (QED) is 0.0212. The third kappa shape index (κ3) is 12.6. The van der Waals surface area contributed by atoms with Crippen molar-refractivity contribution in [2.75, 3.05) is 12.9 Å². The van der Waals surface area contributed by atoms with E-state index in [1.807, 2.05) is 44.5 Å². The lowest BCUT2D eigenvalue weighted by atomic mass is 9.89. The number of thiazole rings is 1. The molecule has 2 amide bonds. The molecule has 1 aromatic carbocycles. The molecular formula is C47H55IN8O10S3. The van der Waals surface area contributed by atoms with Gasteiger partial charge in [0.05, 0.1) is 42.2 Å². The normalized spacial score (nSPS) is 16.3. The van der Waals surface area contributed by atoms with Crippen molar-refractivity contribution in [3.63, 3.8) is 0 Å². The standard InChI is InChI=1S/C47H54N8O10S3.HI/c1-27-49-34(26-66-27)37(51-65-47(8,9)43(59)63-45(2,3)4)35(56)20-33-40(57)55-38(42(58)62-23-28-11-13-31(61-10)14-12-28)30(25-68-41(33)55)21-53-16-15-36-52(17-18-54(36)53)22-32-19-29(24-67-32)39(48)50-44(60)64-46(5,6)7;/h11-19,24,26,33,41H,20-23,25H2,1-10H3,(H-,48,50,60);1H/b51-37-;/t33-,41-;/m1./s1. The number of hydrogen-bond acceptors (Lipinski definition) is 16. The Balaban J connectivity index is 0.00000782. The number of hydrogen-bond donors (Lipinski definition) is 2. The molecule has 1 saturated heterocycles. The van der Waals surface area contributed by atoms with Gasteiger partial charge in [-0.1, -0.05) is 17.3 Å². The molecule has 18 nitrogen and oxygen atoms in total. The molecule has 2 N–H and O–H groups in total. The number of thiophene rings is 1. The van der Waals surface area contributed by atoms with E-state index < -0.39 is 57.8 Å². The Labute approximate surface area is 428 Å². The molecule has 22 heteroatoms. The first-order chi connectivity index (χ1) is 32.0. The van der Waals surface area contributed by atoms with Crippen LogP contribution in [0.3, 0.4) is 0 Å². The number of nitrogens with zero attached hydrogens (tertiary/aromatic N) is 6. The number of benzene rings is 1. The van der Waals surface area contributed by atoms with E-state index in [-0.39, 0.29) is 66.5 Å². The maximum Gasteiger partial charge on any atom is 0.413 e. The zero-order chi connectivity index (χ0) is 49.3. The Morgan fingerprint density at radius 2 is 1.68 bits per heavy atom. The van der Waals surface area contributed by atoms with Gasteiger partial charge in [-0.05, 0) is 91.6 Å².